The monoisotopic (exact) mass is 413 g/mol. The van der Waals surface area contributed by atoms with E-state index in [1.54, 1.807) is 11.3 Å². The van der Waals surface area contributed by atoms with E-state index < -0.39 is 0 Å². The number of nitrogens with one attached hydrogen (secondary N) is 1. The number of benzene rings is 1. The molecule has 1 aliphatic rings. The molecule has 0 spiro atoms. The molecule has 2 aromatic rings. The number of carbonyl (C=O) groups excluding carboxylic acids is 2. The first-order chi connectivity index (χ1) is 14.0. The lowest BCUT2D eigenvalue weighted by molar-refractivity contribution is -0.129. The Morgan fingerprint density at radius 1 is 1.21 bits per heavy atom. The second-order valence-corrected chi connectivity index (χ2v) is 8.50. The molecule has 0 radical (unpaired) electrons. The van der Waals surface area contributed by atoms with Crippen LogP contribution in [0, 0.1) is 12.8 Å². The molecule has 29 heavy (non-hydrogen) atoms. The largest absolute Gasteiger partial charge is 0.354 e. The lowest BCUT2D eigenvalue weighted by atomic mass is 9.86. The Balaban J connectivity index is 1.83. The first-order valence-electron chi connectivity index (χ1n) is 10.5. The standard InChI is InChI=1S/C23H31N3O2S/c1-4-25(5-2)15-14-24-23(28)19-12-13-21(27)26(18-10-8-17(3)9-11-18)22(19)20-7-6-16-29-20/h6-11,16,19,22H,4-5,12-15H2,1-3H3,(H,24,28). The van der Waals surface area contributed by atoms with Crippen LogP contribution in [0.1, 0.15) is 43.2 Å². The normalized spacial score (nSPS) is 19.6. The average Bonchev–Trinajstić information content (AvgIpc) is 3.26. The average molecular weight is 414 g/mol. The van der Waals surface area contributed by atoms with Crippen molar-refractivity contribution >= 4 is 28.8 Å². The number of amides is 2. The van der Waals surface area contributed by atoms with Gasteiger partial charge >= 0.3 is 0 Å². The predicted molar refractivity (Wildman–Crippen MR) is 119 cm³/mol. The molecule has 1 aromatic carbocycles. The lowest BCUT2D eigenvalue weighted by Crippen LogP contribution is -2.49. The van der Waals surface area contributed by atoms with Crippen molar-refractivity contribution in [3.63, 3.8) is 0 Å². The highest BCUT2D eigenvalue weighted by Crippen LogP contribution is 2.41. The molecule has 0 saturated carbocycles. The maximum Gasteiger partial charge on any atom is 0.227 e. The van der Waals surface area contributed by atoms with Gasteiger partial charge in [-0.1, -0.05) is 37.6 Å². The van der Waals surface area contributed by atoms with E-state index >= 15 is 0 Å². The highest BCUT2D eigenvalue weighted by Gasteiger charge is 2.41. The number of carbonyl (C=O) groups is 2. The predicted octanol–water partition coefficient (Wildman–Crippen LogP) is 4.00. The minimum absolute atomic E-state index is 0.0418. The summed E-state index contributed by atoms with van der Waals surface area (Å²) in [4.78, 5) is 31.2. The van der Waals surface area contributed by atoms with E-state index in [4.69, 9.17) is 0 Å². The van der Waals surface area contributed by atoms with Crippen LogP contribution in [-0.2, 0) is 9.59 Å². The van der Waals surface area contributed by atoms with Crippen LogP contribution in [0.15, 0.2) is 41.8 Å². The molecule has 2 atom stereocenters. The summed E-state index contributed by atoms with van der Waals surface area (Å²) in [5.74, 6) is -0.121. The Hall–Kier alpha value is -2.18. The fourth-order valence-corrected chi connectivity index (χ4v) is 4.85. The van der Waals surface area contributed by atoms with Crippen LogP contribution in [0.25, 0.3) is 0 Å². The van der Waals surface area contributed by atoms with Gasteiger partial charge in [-0.15, -0.1) is 11.3 Å². The van der Waals surface area contributed by atoms with E-state index in [-0.39, 0.29) is 23.8 Å². The second kappa shape index (κ2) is 10.0. The Labute approximate surface area is 177 Å². The van der Waals surface area contributed by atoms with Gasteiger partial charge in [-0.25, -0.2) is 0 Å². The zero-order valence-electron chi connectivity index (χ0n) is 17.6. The number of anilines is 1. The number of hydrogen-bond acceptors (Lipinski definition) is 4. The number of nitrogens with zero attached hydrogens (tertiary/aromatic N) is 2. The molecule has 2 heterocycles. The van der Waals surface area contributed by atoms with Gasteiger partial charge < -0.3 is 15.1 Å². The summed E-state index contributed by atoms with van der Waals surface area (Å²) in [6, 6.07) is 11.8. The summed E-state index contributed by atoms with van der Waals surface area (Å²) < 4.78 is 0. The van der Waals surface area contributed by atoms with Crippen molar-refractivity contribution in [2.24, 2.45) is 5.92 Å². The highest BCUT2D eigenvalue weighted by atomic mass is 32.1. The fourth-order valence-electron chi connectivity index (χ4n) is 3.97. The SMILES string of the molecule is CCN(CC)CCNC(=O)C1CCC(=O)N(c2ccc(C)cc2)C1c1cccs1. The molecule has 0 bridgehead atoms. The first-order valence-corrected chi connectivity index (χ1v) is 11.3. The Bertz CT molecular complexity index is 800. The van der Waals surface area contributed by atoms with E-state index in [2.05, 4.69) is 24.1 Å². The van der Waals surface area contributed by atoms with Gasteiger partial charge in [-0.2, -0.15) is 0 Å². The van der Waals surface area contributed by atoms with E-state index in [9.17, 15) is 9.59 Å². The molecule has 2 unspecified atom stereocenters. The third-order valence-corrected chi connectivity index (χ3v) is 6.65. The number of aryl methyl sites for hydroxylation is 1. The minimum Gasteiger partial charge on any atom is -0.354 e. The third-order valence-electron chi connectivity index (χ3n) is 5.70. The summed E-state index contributed by atoms with van der Waals surface area (Å²) in [6.45, 7) is 9.72. The Morgan fingerprint density at radius 3 is 2.55 bits per heavy atom. The topological polar surface area (TPSA) is 52.7 Å². The number of piperidine rings is 1. The number of likely N-dealkylation sites (N-methyl/N-ethyl adjacent to an activating group) is 1. The molecule has 1 aromatic heterocycles. The number of rotatable bonds is 8. The van der Waals surface area contributed by atoms with Gasteiger partial charge in [0.1, 0.15) is 0 Å². The van der Waals surface area contributed by atoms with E-state index in [0.29, 0.717) is 19.4 Å². The van der Waals surface area contributed by atoms with Crippen LogP contribution in [0.2, 0.25) is 0 Å². The fraction of sp³-hybridized carbons (Fsp3) is 0.478. The van der Waals surface area contributed by atoms with Crippen LogP contribution < -0.4 is 10.2 Å². The van der Waals surface area contributed by atoms with Gasteiger partial charge in [0.15, 0.2) is 0 Å². The van der Waals surface area contributed by atoms with Crippen molar-refractivity contribution < 1.29 is 9.59 Å². The van der Waals surface area contributed by atoms with Crippen molar-refractivity contribution in [3.8, 4) is 0 Å². The van der Waals surface area contributed by atoms with Gasteiger partial charge in [0, 0.05) is 30.1 Å². The molecular formula is C23H31N3O2S. The van der Waals surface area contributed by atoms with Crippen molar-refractivity contribution in [1.29, 1.82) is 0 Å². The molecule has 3 rings (SSSR count). The molecule has 5 nitrogen and oxygen atoms in total. The molecule has 2 amide bonds. The molecule has 1 aliphatic heterocycles. The van der Waals surface area contributed by atoms with Crippen LogP contribution in [0.3, 0.4) is 0 Å². The van der Waals surface area contributed by atoms with Crippen molar-refractivity contribution in [2.45, 2.75) is 39.7 Å². The maximum absolute atomic E-state index is 13.1. The van der Waals surface area contributed by atoms with Crippen molar-refractivity contribution in [1.82, 2.24) is 10.2 Å². The van der Waals surface area contributed by atoms with Crippen molar-refractivity contribution in [3.05, 3.63) is 52.2 Å². The van der Waals surface area contributed by atoms with Crippen LogP contribution in [0.5, 0.6) is 0 Å². The van der Waals surface area contributed by atoms with Crippen molar-refractivity contribution in [2.75, 3.05) is 31.1 Å². The Kier molecular flexibility index (Phi) is 7.45. The zero-order chi connectivity index (χ0) is 20.8. The molecule has 1 N–H and O–H groups in total. The van der Waals surface area contributed by atoms with Gasteiger partial charge in [0.05, 0.1) is 12.0 Å². The number of thiophene rings is 1. The quantitative estimate of drug-likeness (QED) is 0.712. The van der Waals surface area contributed by atoms with E-state index in [0.717, 1.165) is 35.8 Å². The lowest BCUT2D eigenvalue weighted by Gasteiger charge is -2.40. The summed E-state index contributed by atoms with van der Waals surface area (Å²) >= 11 is 1.61. The molecule has 1 saturated heterocycles. The van der Waals surface area contributed by atoms with Crippen LogP contribution in [-0.4, -0.2) is 42.9 Å². The third kappa shape index (κ3) is 5.06. The van der Waals surface area contributed by atoms with Gasteiger partial charge in [-0.05, 0) is 50.0 Å². The molecule has 156 valence electrons. The summed E-state index contributed by atoms with van der Waals surface area (Å²) in [5.41, 5.74) is 2.01. The van der Waals surface area contributed by atoms with Crippen LogP contribution >= 0.6 is 11.3 Å². The van der Waals surface area contributed by atoms with Gasteiger partial charge in [0.25, 0.3) is 0 Å². The van der Waals surface area contributed by atoms with Crippen LogP contribution in [0.4, 0.5) is 5.69 Å². The van der Waals surface area contributed by atoms with Gasteiger partial charge in [-0.3, -0.25) is 9.59 Å². The molecule has 1 fully saturated rings. The van der Waals surface area contributed by atoms with Gasteiger partial charge in [0.2, 0.25) is 11.8 Å². The summed E-state index contributed by atoms with van der Waals surface area (Å²) in [6.07, 6.45) is 0.977. The molecule has 0 aliphatic carbocycles. The summed E-state index contributed by atoms with van der Waals surface area (Å²) in [7, 11) is 0. The smallest absolute Gasteiger partial charge is 0.227 e. The first kappa shape index (κ1) is 21.5. The van der Waals surface area contributed by atoms with E-state index in [1.165, 1.54) is 0 Å². The highest BCUT2D eigenvalue weighted by molar-refractivity contribution is 7.10. The maximum atomic E-state index is 13.1. The zero-order valence-corrected chi connectivity index (χ0v) is 18.4. The summed E-state index contributed by atoms with van der Waals surface area (Å²) in [5, 5.41) is 5.14. The minimum atomic E-state index is -0.257. The second-order valence-electron chi connectivity index (χ2n) is 7.52. The molecule has 6 heteroatoms. The molecular weight excluding hydrogens is 382 g/mol. The number of hydrogen-bond donors (Lipinski definition) is 1. The Morgan fingerprint density at radius 2 is 1.93 bits per heavy atom. The van der Waals surface area contributed by atoms with E-state index in [1.807, 2.05) is 53.6 Å².